The first kappa shape index (κ1) is 15.5. The lowest BCUT2D eigenvalue weighted by Gasteiger charge is -2.06. The number of aryl methyl sites for hydroxylation is 1. The molecule has 1 amide bonds. The van der Waals surface area contributed by atoms with Crippen LogP contribution in [0.1, 0.15) is 5.76 Å². The highest BCUT2D eigenvalue weighted by Crippen LogP contribution is 2.11. The fourth-order valence-electron chi connectivity index (χ4n) is 1.47. The number of anilines is 1. The summed E-state index contributed by atoms with van der Waals surface area (Å²) in [5.41, 5.74) is 0. The summed E-state index contributed by atoms with van der Waals surface area (Å²) in [5.74, 6) is -0.587. The van der Waals surface area contributed by atoms with Crippen LogP contribution < -0.4 is 10.1 Å². The molecular formula is C14H13FN2O5. The van der Waals surface area contributed by atoms with Gasteiger partial charge in [0, 0.05) is 6.07 Å². The van der Waals surface area contributed by atoms with Crippen LogP contribution in [0.2, 0.25) is 0 Å². The number of carbonyl (C=O) groups is 2. The fraction of sp³-hybridized carbons (Fsp3) is 0.214. The molecule has 0 fully saturated rings. The van der Waals surface area contributed by atoms with E-state index in [9.17, 15) is 14.0 Å². The summed E-state index contributed by atoms with van der Waals surface area (Å²) < 4.78 is 27.2. The molecule has 0 radical (unpaired) electrons. The van der Waals surface area contributed by atoms with Crippen molar-refractivity contribution in [2.45, 2.75) is 6.92 Å². The first-order valence-electron chi connectivity index (χ1n) is 6.30. The molecule has 2 aromatic rings. The summed E-state index contributed by atoms with van der Waals surface area (Å²) in [6, 6.07) is 6.68. The number of rotatable bonds is 6. The normalized spacial score (nSPS) is 10.1. The highest BCUT2D eigenvalue weighted by Gasteiger charge is 2.10. The van der Waals surface area contributed by atoms with Crippen LogP contribution in [-0.4, -0.2) is 30.2 Å². The van der Waals surface area contributed by atoms with E-state index in [1.54, 1.807) is 6.92 Å². The largest absolute Gasteiger partial charge is 0.482 e. The van der Waals surface area contributed by atoms with Gasteiger partial charge in [-0.15, -0.1) is 0 Å². The number of nitrogens with zero attached hydrogens (tertiary/aromatic N) is 1. The smallest absolute Gasteiger partial charge is 0.344 e. The molecule has 0 aliphatic heterocycles. The van der Waals surface area contributed by atoms with Gasteiger partial charge in [-0.3, -0.25) is 4.79 Å². The number of halogens is 1. The molecule has 1 aromatic heterocycles. The lowest BCUT2D eigenvalue weighted by Crippen LogP contribution is -2.23. The van der Waals surface area contributed by atoms with Crippen molar-refractivity contribution in [3.8, 4) is 5.75 Å². The maximum absolute atomic E-state index is 12.7. The molecule has 1 N–H and O–H groups in total. The van der Waals surface area contributed by atoms with Crippen LogP contribution in [0.15, 0.2) is 34.9 Å². The second-order valence-electron chi connectivity index (χ2n) is 4.27. The lowest BCUT2D eigenvalue weighted by atomic mass is 10.3. The maximum atomic E-state index is 12.7. The molecule has 0 aliphatic carbocycles. The minimum absolute atomic E-state index is 0.237. The first-order chi connectivity index (χ1) is 10.5. The number of carbonyl (C=O) groups excluding carboxylic acids is 2. The maximum Gasteiger partial charge on any atom is 0.344 e. The summed E-state index contributed by atoms with van der Waals surface area (Å²) >= 11 is 0. The zero-order chi connectivity index (χ0) is 15.9. The molecule has 0 saturated heterocycles. The number of benzene rings is 1. The van der Waals surface area contributed by atoms with E-state index in [0.717, 1.165) is 0 Å². The third-order valence-corrected chi connectivity index (χ3v) is 2.43. The summed E-state index contributed by atoms with van der Waals surface area (Å²) in [7, 11) is 0. The summed E-state index contributed by atoms with van der Waals surface area (Å²) in [5, 5.41) is 5.96. The van der Waals surface area contributed by atoms with Gasteiger partial charge >= 0.3 is 5.97 Å². The van der Waals surface area contributed by atoms with Crippen LogP contribution in [0.5, 0.6) is 5.75 Å². The molecule has 116 valence electrons. The average molecular weight is 308 g/mol. The monoisotopic (exact) mass is 308 g/mol. The summed E-state index contributed by atoms with van der Waals surface area (Å²) in [4.78, 5) is 22.9. The van der Waals surface area contributed by atoms with Gasteiger partial charge in [0.2, 0.25) is 0 Å². The highest BCUT2D eigenvalue weighted by molar-refractivity contribution is 5.91. The lowest BCUT2D eigenvalue weighted by molar-refractivity contribution is -0.149. The average Bonchev–Trinajstić information content (AvgIpc) is 2.89. The predicted octanol–water partition coefficient (Wildman–Crippen LogP) is 1.68. The predicted molar refractivity (Wildman–Crippen MR) is 72.7 cm³/mol. The van der Waals surface area contributed by atoms with Crippen molar-refractivity contribution < 1.29 is 28.0 Å². The zero-order valence-electron chi connectivity index (χ0n) is 11.7. The van der Waals surface area contributed by atoms with E-state index in [2.05, 4.69) is 10.5 Å². The van der Waals surface area contributed by atoms with E-state index in [0.29, 0.717) is 11.5 Å². The Morgan fingerprint density at radius 1 is 1.27 bits per heavy atom. The summed E-state index contributed by atoms with van der Waals surface area (Å²) in [6.45, 7) is 0.814. The minimum atomic E-state index is -0.726. The molecule has 0 saturated carbocycles. The number of esters is 1. The molecule has 0 bridgehead atoms. The van der Waals surface area contributed by atoms with Gasteiger partial charge in [-0.25, -0.2) is 9.18 Å². The molecule has 0 atom stereocenters. The molecule has 0 aliphatic rings. The van der Waals surface area contributed by atoms with Gasteiger partial charge in [0.1, 0.15) is 17.3 Å². The van der Waals surface area contributed by atoms with Crippen molar-refractivity contribution >= 4 is 17.7 Å². The van der Waals surface area contributed by atoms with Crippen molar-refractivity contribution in [1.29, 1.82) is 0 Å². The number of amides is 1. The standard InChI is InChI=1S/C14H13FN2O5/c1-9-6-12(17-22-9)16-13(18)7-21-14(19)8-20-11-4-2-10(15)3-5-11/h2-6H,7-8H2,1H3,(H,16,17,18). The van der Waals surface area contributed by atoms with Crippen LogP contribution in [0.4, 0.5) is 10.2 Å². The van der Waals surface area contributed by atoms with Gasteiger partial charge in [-0.1, -0.05) is 5.16 Å². The molecule has 22 heavy (non-hydrogen) atoms. The third kappa shape index (κ3) is 4.89. The van der Waals surface area contributed by atoms with Crippen molar-refractivity contribution in [2.24, 2.45) is 0 Å². The third-order valence-electron chi connectivity index (χ3n) is 2.43. The van der Waals surface area contributed by atoms with Gasteiger partial charge in [0.25, 0.3) is 5.91 Å². The highest BCUT2D eigenvalue weighted by atomic mass is 19.1. The van der Waals surface area contributed by atoms with E-state index in [4.69, 9.17) is 14.0 Å². The first-order valence-corrected chi connectivity index (χ1v) is 6.30. The van der Waals surface area contributed by atoms with Crippen LogP contribution in [0.25, 0.3) is 0 Å². The van der Waals surface area contributed by atoms with Crippen LogP contribution in [0, 0.1) is 12.7 Å². The van der Waals surface area contributed by atoms with E-state index < -0.39 is 24.3 Å². The molecule has 1 heterocycles. The van der Waals surface area contributed by atoms with Crippen molar-refractivity contribution in [1.82, 2.24) is 5.16 Å². The number of aromatic nitrogens is 1. The molecule has 7 nitrogen and oxygen atoms in total. The Kier molecular flexibility index (Phi) is 5.07. The Labute approximate surface area is 125 Å². The Bertz CT molecular complexity index is 654. The van der Waals surface area contributed by atoms with Crippen LogP contribution in [-0.2, 0) is 14.3 Å². The van der Waals surface area contributed by atoms with Crippen molar-refractivity contribution in [3.63, 3.8) is 0 Å². The summed E-state index contributed by atoms with van der Waals surface area (Å²) in [6.07, 6.45) is 0. The number of hydrogen-bond acceptors (Lipinski definition) is 6. The SMILES string of the molecule is Cc1cc(NC(=O)COC(=O)COc2ccc(F)cc2)no1. The van der Waals surface area contributed by atoms with Crippen LogP contribution >= 0.6 is 0 Å². The molecular weight excluding hydrogens is 295 g/mol. The van der Waals surface area contributed by atoms with Gasteiger partial charge < -0.3 is 19.3 Å². The van der Waals surface area contributed by atoms with Crippen LogP contribution in [0.3, 0.4) is 0 Å². The zero-order valence-corrected chi connectivity index (χ0v) is 11.7. The Balaban J connectivity index is 1.68. The van der Waals surface area contributed by atoms with E-state index in [1.807, 2.05) is 0 Å². The number of nitrogens with one attached hydrogen (secondary N) is 1. The van der Waals surface area contributed by atoms with E-state index in [1.165, 1.54) is 30.3 Å². The Hall–Kier alpha value is -2.90. The Morgan fingerprint density at radius 2 is 2.00 bits per heavy atom. The quantitative estimate of drug-likeness (QED) is 0.817. The Morgan fingerprint density at radius 3 is 2.64 bits per heavy atom. The molecule has 0 spiro atoms. The van der Waals surface area contributed by atoms with Gasteiger partial charge in [-0.05, 0) is 31.2 Å². The number of ether oxygens (including phenoxy) is 2. The molecule has 8 heteroatoms. The molecule has 0 unspecified atom stereocenters. The second-order valence-corrected chi connectivity index (χ2v) is 4.27. The van der Waals surface area contributed by atoms with Gasteiger partial charge in [0.05, 0.1) is 0 Å². The topological polar surface area (TPSA) is 90.7 Å². The molecule has 2 rings (SSSR count). The number of hydrogen-bond donors (Lipinski definition) is 1. The van der Waals surface area contributed by atoms with E-state index in [-0.39, 0.29) is 12.4 Å². The van der Waals surface area contributed by atoms with Crippen molar-refractivity contribution in [2.75, 3.05) is 18.5 Å². The van der Waals surface area contributed by atoms with Gasteiger partial charge in [0.15, 0.2) is 19.0 Å². The van der Waals surface area contributed by atoms with Gasteiger partial charge in [-0.2, -0.15) is 0 Å². The minimum Gasteiger partial charge on any atom is -0.482 e. The van der Waals surface area contributed by atoms with E-state index >= 15 is 0 Å². The fourth-order valence-corrected chi connectivity index (χ4v) is 1.47. The second kappa shape index (κ2) is 7.21. The van der Waals surface area contributed by atoms with Crippen molar-refractivity contribution in [3.05, 3.63) is 41.9 Å². The molecule has 1 aromatic carbocycles.